The number of hydrogen-bond donors (Lipinski definition) is 1. The van der Waals surface area contributed by atoms with E-state index in [4.69, 9.17) is 9.47 Å². The van der Waals surface area contributed by atoms with Gasteiger partial charge < -0.3 is 14.8 Å². The summed E-state index contributed by atoms with van der Waals surface area (Å²) in [6, 6.07) is 5.79. The second-order valence-electron chi connectivity index (χ2n) is 4.70. The maximum absolute atomic E-state index is 5.38. The predicted octanol–water partition coefficient (Wildman–Crippen LogP) is 2.67. The van der Waals surface area contributed by atoms with E-state index in [1.54, 1.807) is 14.2 Å². The van der Waals surface area contributed by atoms with E-state index in [1.165, 1.54) is 0 Å². The van der Waals surface area contributed by atoms with Crippen molar-refractivity contribution in [1.29, 1.82) is 0 Å². The topological polar surface area (TPSA) is 48.3 Å². The predicted molar refractivity (Wildman–Crippen MR) is 79.6 cm³/mol. The molecular weight excluding hydrogens is 254 g/mol. The third-order valence-corrected chi connectivity index (χ3v) is 3.45. The highest BCUT2D eigenvalue weighted by Crippen LogP contribution is 2.26. The number of benzene rings is 1. The summed E-state index contributed by atoms with van der Waals surface area (Å²) in [6.07, 6.45) is 0. The molecule has 1 aromatic carbocycles. The Morgan fingerprint density at radius 1 is 1.20 bits per heavy atom. The van der Waals surface area contributed by atoms with Crippen LogP contribution in [-0.4, -0.2) is 24.0 Å². The van der Waals surface area contributed by atoms with Gasteiger partial charge in [0.05, 0.1) is 31.3 Å². The fourth-order valence-corrected chi connectivity index (χ4v) is 2.23. The SMILES string of the molecule is COc1ccc(OC)c(CNc2c(C)nn(C)c2C)c1. The van der Waals surface area contributed by atoms with Crippen molar-refractivity contribution in [1.82, 2.24) is 9.78 Å². The molecular formula is C15H21N3O2. The van der Waals surface area contributed by atoms with Gasteiger partial charge in [0.2, 0.25) is 0 Å². The van der Waals surface area contributed by atoms with Gasteiger partial charge in [-0.25, -0.2) is 0 Å². The Labute approximate surface area is 119 Å². The Bertz CT molecular complexity index is 605. The van der Waals surface area contributed by atoms with E-state index >= 15 is 0 Å². The normalized spacial score (nSPS) is 10.4. The molecule has 1 N–H and O–H groups in total. The van der Waals surface area contributed by atoms with Crippen molar-refractivity contribution in [2.75, 3.05) is 19.5 Å². The Morgan fingerprint density at radius 3 is 2.50 bits per heavy atom. The highest BCUT2D eigenvalue weighted by Gasteiger charge is 2.10. The number of nitrogens with zero attached hydrogens (tertiary/aromatic N) is 2. The summed E-state index contributed by atoms with van der Waals surface area (Å²) in [4.78, 5) is 0. The summed E-state index contributed by atoms with van der Waals surface area (Å²) in [7, 11) is 5.28. The van der Waals surface area contributed by atoms with Crippen molar-refractivity contribution in [3.05, 3.63) is 35.2 Å². The largest absolute Gasteiger partial charge is 0.497 e. The second kappa shape index (κ2) is 5.86. The lowest BCUT2D eigenvalue weighted by Crippen LogP contribution is -2.04. The molecule has 0 aliphatic carbocycles. The lowest BCUT2D eigenvalue weighted by atomic mass is 10.1. The summed E-state index contributed by atoms with van der Waals surface area (Å²) in [6.45, 7) is 4.71. The van der Waals surface area contributed by atoms with Crippen molar-refractivity contribution < 1.29 is 9.47 Å². The van der Waals surface area contributed by atoms with Crippen LogP contribution in [0.25, 0.3) is 0 Å². The van der Waals surface area contributed by atoms with Gasteiger partial charge >= 0.3 is 0 Å². The Hall–Kier alpha value is -2.17. The van der Waals surface area contributed by atoms with Gasteiger partial charge in [0, 0.05) is 19.2 Å². The molecule has 0 saturated carbocycles. The molecule has 0 spiro atoms. The zero-order valence-corrected chi connectivity index (χ0v) is 12.7. The monoisotopic (exact) mass is 275 g/mol. The molecule has 1 heterocycles. The maximum Gasteiger partial charge on any atom is 0.124 e. The maximum atomic E-state index is 5.38. The number of ether oxygens (including phenoxy) is 2. The molecule has 5 nitrogen and oxygen atoms in total. The molecule has 5 heteroatoms. The van der Waals surface area contributed by atoms with E-state index in [0.29, 0.717) is 6.54 Å². The van der Waals surface area contributed by atoms with Crippen LogP contribution >= 0.6 is 0 Å². The quantitative estimate of drug-likeness (QED) is 0.911. The number of anilines is 1. The van der Waals surface area contributed by atoms with Crippen molar-refractivity contribution in [3.63, 3.8) is 0 Å². The van der Waals surface area contributed by atoms with E-state index in [0.717, 1.165) is 34.1 Å². The van der Waals surface area contributed by atoms with Gasteiger partial charge in [-0.2, -0.15) is 5.10 Å². The molecule has 0 amide bonds. The van der Waals surface area contributed by atoms with Crippen molar-refractivity contribution in [3.8, 4) is 11.5 Å². The summed E-state index contributed by atoms with van der Waals surface area (Å²) < 4.78 is 12.5. The van der Waals surface area contributed by atoms with Gasteiger partial charge in [-0.15, -0.1) is 0 Å². The van der Waals surface area contributed by atoms with Crippen LogP contribution in [0.5, 0.6) is 11.5 Å². The van der Waals surface area contributed by atoms with Crippen LogP contribution < -0.4 is 14.8 Å². The molecule has 2 rings (SSSR count). The summed E-state index contributed by atoms with van der Waals surface area (Å²) >= 11 is 0. The number of methoxy groups -OCH3 is 2. The molecule has 108 valence electrons. The summed E-state index contributed by atoms with van der Waals surface area (Å²) in [5, 5.41) is 7.82. The summed E-state index contributed by atoms with van der Waals surface area (Å²) in [5.74, 6) is 1.67. The van der Waals surface area contributed by atoms with Crippen LogP contribution in [0.3, 0.4) is 0 Å². The van der Waals surface area contributed by atoms with Crippen molar-refractivity contribution >= 4 is 5.69 Å². The van der Waals surface area contributed by atoms with Crippen LogP contribution in [-0.2, 0) is 13.6 Å². The number of aryl methyl sites for hydroxylation is 2. The van der Waals surface area contributed by atoms with E-state index in [-0.39, 0.29) is 0 Å². The van der Waals surface area contributed by atoms with Crippen LogP contribution in [0.15, 0.2) is 18.2 Å². The molecule has 0 atom stereocenters. The van der Waals surface area contributed by atoms with E-state index < -0.39 is 0 Å². The first-order chi connectivity index (χ1) is 9.56. The number of aromatic nitrogens is 2. The van der Waals surface area contributed by atoms with Gasteiger partial charge in [-0.05, 0) is 32.0 Å². The Kier molecular flexibility index (Phi) is 4.17. The summed E-state index contributed by atoms with van der Waals surface area (Å²) in [5.41, 5.74) is 4.23. The molecule has 0 saturated heterocycles. The standard InChI is InChI=1S/C15H21N3O2/c1-10-15(11(2)18(3)17-10)16-9-12-8-13(19-4)6-7-14(12)20-5/h6-8,16H,9H2,1-5H3. The zero-order chi connectivity index (χ0) is 14.7. The second-order valence-corrected chi connectivity index (χ2v) is 4.70. The third kappa shape index (κ3) is 2.71. The smallest absolute Gasteiger partial charge is 0.124 e. The van der Waals surface area contributed by atoms with Gasteiger partial charge in [0.1, 0.15) is 11.5 Å². The fourth-order valence-electron chi connectivity index (χ4n) is 2.23. The lowest BCUT2D eigenvalue weighted by Gasteiger charge is -2.12. The van der Waals surface area contributed by atoms with Gasteiger partial charge in [-0.1, -0.05) is 0 Å². The zero-order valence-electron chi connectivity index (χ0n) is 12.7. The first-order valence-corrected chi connectivity index (χ1v) is 6.51. The minimum atomic E-state index is 0.660. The third-order valence-electron chi connectivity index (χ3n) is 3.45. The molecule has 0 radical (unpaired) electrons. The minimum absolute atomic E-state index is 0.660. The molecule has 0 bridgehead atoms. The van der Waals surface area contributed by atoms with Gasteiger partial charge in [0.25, 0.3) is 0 Å². The van der Waals surface area contributed by atoms with E-state index in [9.17, 15) is 0 Å². The van der Waals surface area contributed by atoms with Gasteiger partial charge in [-0.3, -0.25) is 4.68 Å². The molecule has 0 aliphatic heterocycles. The van der Waals surface area contributed by atoms with Crippen molar-refractivity contribution in [2.45, 2.75) is 20.4 Å². The number of nitrogens with one attached hydrogen (secondary N) is 1. The average molecular weight is 275 g/mol. The molecule has 0 unspecified atom stereocenters. The van der Waals surface area contributed by atoms with E-state index in [2.05, 4.69) is 10.4 Å². The number of rotatable bonds is 5. The molecule has 0 fully saturated rings. The van der Waals surface area contributed by atoms with Crippen LogP contribution in [0, 0.1) is 13.8 Å². The highest BCUT2D eigenvalue weighted by atomic mass is 16.5. The lowest BCUT2D eigenvalue weighted by molar-refractivity contribution is 0.399. The first-order valence-electron chi connectivity index (χ1n) is 6.51. The molecule has 0 aliphatic rings. The molecule has 2 aromatic rings. The van der Waals surface area contributed by atoms with Gasteiger partial charge in [0.15, 0.2) is 0 Å². The molecule has 1 aromatic heterocycles. The highest BCUT2D eigenvalue weighted by molar-refractivity contribution is 5.53. The minimum Gasteiger partial charge on any atom is -0.497 e. The first kappa shape index (κ1) is 14.2. The molecule has 20 heavy (non-hydrogen) atoms. The average Bonchev–Trinajstić information content (AvgIpc) is 2.70. The Balaban J connectivity index is 2.21. The number of hydrogen-bond acceptors (Lipinski definition) is 4. The fraction of sp³-hybridized carbons (Fsp3) is 0.400. The van der Waals surface area contributed by atoms with Crippen LogP contribution in [0.1, 0.15) is 17.0 Å². The Morgan fingerprint density at radius 2 is 1.95 bits per heavy atom. The van der Waals surface area contributed by atoms with Crippen molar-refractivity contribution in [2.24, 2.45) is 7.05 Å². The van der Waals surface area contributed by atoms with Crippen LogP contribution in [0.4, 0.5) is 5.69 Å². The van der Waals surface area contributed by atoms with E-state index in [1.807, 2.05) is 43.8 Å². The van der Waals surface area contributed by atoms with Crippen LogP contribution in [0.2, 0.25) is 0 Å².